The van der Waals surface area contributed by atoms with Gasteiger partial charge in [0.15, 0.2) is 11.5 Å². The van der Waals surface area contributed by atoms with E-state index in [4.69, 9.17) is 14.2 Å². The van der Waals surface area contributed by atoms with Crippen molar-refractivity contribution in [2.24, 2.45) is 5.10 Å². The maximum Gasteiger partial charge on any atom is 0.271 e. The van der Waals surface area contributed by atoms with Gasteiger partial charge in [-0.05, 0) is 52.0 Å². The second-order valence-corrected chi connectivity index (χ2v) is 6.57. The molecule has 0 radical (unpaired) electrons. The highest BCUT2D eigenvalue weighted by molar-refractivity contribution is 7.13. The highest BCUT2D eigenvalue weighted by atomic mass is 32.1. The molecule has 1 N–H and O–H groups in total. The molecule has 2 aromatic rings. The van der Waals surface area contributed by atoms with Gasteiger partial charge >= 0.3 is 0 Å². The van der Waals surface area contributed by atoms with Crippen LogP contribution in [0.4, 0.5) is 0 Å². The number of amides is 1. The molecule has 0 fully saturated rings. The molecular weight excluding hydrogens is 352 g/mol. The van der Waals surface area contributed by atoms with Crippen LogP contribution in [0.5, 0.6) is 17.2 Å². The summed E-state index contributed by atoms with van der Waals surface area (Å²) in [6.07, 6.45) is 1.62. The van der Waals surface area contributed by atoms with Gasteiger partial charge in [-0.1, -0.05) is 0 Å². The Morgan fingerprint density at radius 2 is 1.69 bits per heavy atom. The number of benzene rings is 1. The second-order valence-electron chi connectivity index (χ2n) is 5.25. The van der Waals surface area contributed by atoms with Crippen molar-refractivity contribution in [2.45, 2.75) is 27.7 Å². The van der Waals surface area contributed by atoms with Gasteiger partial charge in [0.1, 0.15) is 0 Å². The quantitative estimate of drug-likeness (QED) is 0.530. The lowest BCUT2D eigenvalue weighted by molar-refractivity contribution is 0.0954. The molecule has 140 valence electrons. The van der Waals surface area contributed by atoms with Crippen LogP contribution in [0.3, 0.4) is 0 Å². The van der Waals surface area contributed by atoms with Crippen LogP contribution >= 0.6 is 11.3 Å². The third-order valence-corrected chi connectivity index (χ3v) is 4.23. The number of carbonyl (C=O) groups is 1. The van der Waals surface area contributed by atoms with Crippen LogP contribution < -0.4 is 19.6 Å². The molecule has 1 amide bonds. The summed E-state index contributed by atoms with van der Waals surface area (Å²) in [4.78, 5) is 14.6. The molecular formula is C19H24N2O4S. The predicted octanol–water partition coefficient (Wildman–Crippen LogP) is 4.02. The van der Waals surface area contributed by atoms with Crippen molar-refractivity contribution in [1.82, 2.24) is 5.43 Å². The summed E-state index contributed by atoms with van der Waals surface area (Å²) in [5.41, 5.74) is 2.92. The molecule has 0 aliphatic heterocycles. The van der Waals surface area contributed by atoms with Crippen LogP contribution in [0.15, 0.2) is 29.4 Å². The van der Waals surface area contributed by atoms with Crippen molar-refractivity contribution < 1.29 is 19.0 Å². The first-order chi connectivity index (χ1) is 12.6. The molecule has 26 heavy (non-hydrogen) atoms. The van der Waals surface area contributed by atoms with E-state index in [1.807, 2.05) is 39.8 Å². The summed E-state index contributed by atoms with van der Waals surface area (Å²) in [6.45, 7) is 9.01. The van der Waals surface area contributed by atoms with Crippen LogP contribution in [-0.4, -0.2) is 31.9 Å². The number of ether oxygens (including phenoxy) is 3. The van der Waals surface area contributed by atoms with Gasteiger partial charge in [-0.15, -0.1) is 11.3 Å². The molecule has 0 unspecified atom stereocenters. The molecule has 6 nitrogen and oxygen atoms in total. The third-order valence-electron chi connectivity index (χ3n) is 3.29. The summed E-state index contributed by atoms with van der Waals surface area (Å²) >= 11 is 1.60. The highest BCUT2D eigenvalue weighted by Gasteiger charge is 2.18. The second kappa shape index (κ2) is 9.82. The smallest absolute Gasteiger partial charge is 0.271 e. The van der Waals surface area contributed by atoms with Crippen LogP contribution in [0, 0.1) is 6.92 Å². The van der Waals surface area contributed by atoms with Gasteiger partial charge in [0, 0.05) is 15.3 Å². The first-order valence-corrected chi connectivity index (χ1v) is 9.36. The topological polar surface area (TPSA) is 69.2 Å². The van der Waals surface area contributed by atoms with Gasteiger partial charge in [-0.2, -0.15) is 5.10 Å². The SMILES string of the molecule is CCOc1cc(C(=O)N/N=C\c2ccc(C)s2)cc(OCC)c1OCC. The van der Waals surface area contributed by atoms with Crippen LogP contribution in [0.1, 0.15) is 40.9 Å². The number of carbonyl (C=O) groups excluding carboxylic acids is 1. The van der Waals surface area contributed by atoms with E-state index in [2.05, 4.69) is 10.5 Å². The van der Waals surface area contributed by atoms with Gasteiger partial charge < -0.3 is 14.2 Å². The first-order valence-electron chi connectivity index (χ1n) is 8.55. The molecule has 0 spiro atoms. The number of nitrogens with one attached hydrogen (secondary N) is 1. The van der Waals surface area contributed by atoms with E-state index in [9.17, 15) is 4.79 Å². The fourth-order valence-electron chi connectivity index (χ4n) is 2.26. The minimum Gasteiger partial charge on any atom is -0.490 e. The standard InChI is InChI=1S/C19H24N2O4S/c1-5-23-16-10-14(11-17(24-6-2)18(16)25-7-3)19(22)21-20-12-15-9-8-13(4)26-15/h8-12H,5-7H2,1-4H3,(H,21,22)/b20-12-. The molecule has 2 rings (SSSR count). The molecule has 0 saturated carbocycles. The molecule has 7 heteroatoms. The normalized spacial score (nSPS) is 10.8. The van der Waals surface area contributed by atoms with E-state index in [1.54, 1.807) is 29.7 Å². The molecule has 0 aliphatic carbocycles. The number of rotatable bonds is 9. The van der Waals surface area contributed by atoms with Crippen LogP contribution in [0.25, 0.3) is 0 Å². The monoisotopic (exact) mass is 376 g/mol. The maximum atomic E-state index is 12.4. The van der Waals surface area contributed by atoms with Gasteiger partial charge in [0.2, 0.25) is 5.75 Å². The number of aryl methyl sites for hydroxylation is 1. The minimum absolute atomic E-state index is 0.348. The Morgan fingerprint density at radius 1 is 1.08 bits per heavy atom. The number of thiophene rings is 1. The van der Waals surface area contributed by atoms with Crippen molar-refractivity contribution in [3.05, 3.63) is 39.6 Å². The van der Waals surface area contributed by atoms with Crippen molar-refractivity contribution in [3.63, 3.8) is 0 Å². The Balaban J connectivity index is 2.23. The summed E-state index contributed by atoms with van der Waals surface area (Å²) in [6, 6.07) is 7.23. The number of nitrogens with zero attached hydrogens (tertiary/aromatic N) is 1. The summed E-state index contributed by atoms with van der Waals surface area (Å²) in [5, 5.41) is 4.01. The fraction of sp³-hybridized carbons (Fsp3) is 0.368. The van der Waals surface area contributed by atoms with E-state index < -0.39 is 0 Å². The van der Waals surface area contributed by atoms with E-state index in [0.29, 0.717) is 42.6 Å². The maximum absolute atomic E-state index is 12.4. The van der Waals surface area contributed by atoms with Crippen molar-refractivity contribution in [1.29, 1.82) is 0 Å². The molecule has 0 aliphatic rings. The summed E-state index contributed by atoms with van der Waals surface area (Å²) in [5.74, 6) is 1.11. The lowest BCUT2D eigenvalue weighted by atomic mass is 10.1. The van der Waals surface area contributed by atoms with Gasteiger partial charge in [0.25, 0.3) is 5.91 Å². The fourth-order valence-corrected chi connectivity index (χ4v) is 3.01. The van der Waals surface area contributed by atoms with Gasteiger partial charge in [0.05, 0.1) is 26.0 Å². The van der Waals surface area contributed by atoms with Crippen LogP contribution in [0.2, 0.25) is 0 Å². The highest BCUT2D eigenvalue weighted by Crippen LogP contribution is 2.39. The Kier molecular flexibility index (Phi) is 7.47. The molecule has 0 saturated heterocycles. The Bertz CT molecular complexity index is 744. The molecule has 0 bridgehead atoms. The molecule has 1 aromatic heterocycles. The van der Waals surface area contributed by atoms with Crippen molar-refractivity contribution in [3.8, 4) is 17.2 Å². The Hall–Kier alpha value is -2.54. The lowest BCUT2D eigenvalue weighted by Gasteiger charge is -2.16. The van der Waals surface area contributed by atoms with Gasteiger partial charge in [-0.25, -0.2) is 5.43 Å². The summed E-state index contributed by atoms with van der Waals surface area (Å²) in [7, 11) is 0. The van der Waals surface area contributed by atoms with E-state index in [1.165, 1.54) is 4.88 Å². The zero-order chi connectivity index (χ0) is 18.9. The number of hydrazone groups is 1. The van der Waals surface area contributed by atoms with Crippen LogP contribution in [-0.2, 0) is 0 Å². The Labute approximate surface area is 157 Å². The summed E-state index contributed by atoms with van der Waals surface area (Å²) < 4.78 is 16.9. The predicted molar refractivity (Wildman–Crippen MR) is 104 cm³/mol. The zero-order valence-electron chi connectivity index (χ0n) is 15.5. The third kappa shape index (κ3) is 5.23. The lowest BCUT2D eigenvalue weighted by Crippen LogP contribution is -2.18. The average molecular weight is 376 g/mol. The zero-order valence-corrected chi connectivity index (χ0v) is 16.3. The van der Waals surface area contributed by atoms with Crippen molar-refractivity contribution >= 4 is 23.5 Å². The minimum atomic E-state index is -0.348. The van der Waals surface area contributed by atoms with Gasteiger partial charge in [-0.3, -0.25) is 4.79 Å². The van der Waals surface area contributed by atoms with Crippen molar-refractivity contribution in [2.75, 3.05) is 19.8 Å². The average Bonchev–Trinajstić information content (AvgIpc) is 3.03. The number of hydrogen-bond donors (Lipinski definition) is 1. The largest absolute Gasteiger partial charge is 0.490 e. The Morgan fingerprint density at radius 3 is 2.19 bits per heavy atom. The first kappa shape index (κ1) is 19.8. The van der Waals surface area contributed by atoms with E-state index in [-0.39, 0.29) is 5.91 Å². The number of hydrogen-bond acceptors (Lipinski definition) is 6. The molecule has 0 atom stereocenters. The van der Waals surface area contributed by atoms with E-state index >= 15 is 0 Å². The molecule has 1 aromatic carbocycles. The van der Waals surface area contributed by atoms with E-state index in [0.717, 1.165) is 4.88 Å². The molecule has 1 heterocycles.